The molecular formula is C26H26ClF3N6O5S. The summed E-state index contributed by atoms with van der Waals surface area (Å²) in [6, 6.07) is 2.09. The second-order valence-corrected chi connectivity index (χ2v) is 11.1. The normalized spacial score (nSPS) is 21.3. The second-order valence-electron chi connectivity index (χ2n) is 9.85. The van der Waals surface area contributed by atoms with Gasteiger partial charge in [0.25, 0.3) is 0 Å². The summed E-state index contributed by atoms with van der Waals surface area (Å²) in [5.74, 6) is -7.38. The summed E-state index contributed by atoms with van der Waals surface area (Å²) in [7, 11) is 0. The zero-order chi connectivity index (χ0) is 30.2. The topological polar surface area (TPSA) is 128 Å². The highest BCUT2D eigenvalue weighted by atomic mass is 35.5. The first-order valence-electron chi connectivity index (χ1n) is 13.0. The molecule has 16 heteroatoms. The molecule has 11 nitrogen and oxygen atoms in total. The van der Waals surface area contributed by atoms with Crippen molar-refractivity contribution >= 4 is 46.7 Å². The number of aliphatic carboxylic acids is 1. The average Bonchev–Trinajstić information content (AvgIpc) is 3.58. The van der Waals surface area contributed by atoms with E-state index in [0.29, 0.717) is 23.1 Å². The third-order valence-electron chi connectivity index (χ3n) is 7.13. The van der Waals surface area contributed by atoms with Crippen LogP contribution < -0.4 is 5.32 Å². The van der Waals surface area contributed by atoms with Gasteiger partial charge in [0.15, 0.2) is 10.8 Å². The second kappa shape index (κ2) is 11.9. The summed E-state index contributed by atoms with van der Waals surface area (Å²) in [6.45, 7) is 1.36. The highest BCUT2D eigenvalue weighted by Gasteiger charge is 2.48. The van der Waals surface area contributed by atoms with E-state index in [1.54, 1.807) is 24.6 Å². The molecule has 2 amide bonds. The van der Waals surface area contributed by atoms with Crippen LogP contribution in [0.2, 0.25) is 5.02 Å². The zero-order valence-corrected chi connectivity index (χ0v) is 23.8. The number of alkyl halides is 2. The molecular weight excluding hydrogens is 601 g/mol. The highest BCUT2D eigenvalue weighted by molar-refractivity contribution is 7.11. The number of carboxylic acid groups (broad SMARTS) is 1. The standard InChI is InChI=1S/C26H26ClF3N6O5S/c1-2-41-23(37)18-17(12-34-7-8-36-14(10-34)11-35(25(36)40)13-26(29,30)24(38)39)32-21(22-31-6-9-42-22)33-20(18)15-4-3-5-16(28)19(15)27/h3-6,9,14,20H,2,7-8,10-13H2,1H3,(H,32,33)(H,38,39)/t14-,20-/m0/s1. The molecule has 3 aliphatic heterocycles. The zero-order valence-electron chi connectivity index (χ0n) is 22.2. The lowest BCUT2D eigenvalue weighted by Gasteiger charge is -2.38. The average molecular weight is 627 g/mol. The number of esters is 1. The van der Waals surface area contributed by atoms with E-state index in [-0.39, 0.29) is 48.9 Å². The first-order valence-corrected chi connectivity index (χ1v) is 14.2. The van der Waals surface area contributed by atoms with E-state index in [0.717, 1.165) is 4.90 Å². The number of benzene rings is 1. The molecule has 2 saturated heterocycles. The summed E-state index contributed by atoms with van der Waals surface area (Å²) in [5, 5.41) is 14.1. The summed E-state index contributed by atoms with van der Waals surface area (Å²) in [4.78, 5) is 50.2. The molecule has 2 N–H and O–H groups in total. The van der Waals surface area contributed by atoms with Crippen LogP contribution in [0, 0.1) is 5.82 Å². The van der Waals surface area contributed by atoms with Crippen LogP contribution >= 0.6 is 22.9 Å². The fourth-order valence-electron chi connectivity index (χ4n) is 5.22. The Morgan fingerprint density at radius 1 is 1.29 bits per heavy atom. The van der Waals surface area contributed by atoms with E-state index in [1.807, 2.05) is 4.90 Å². The third-order valence-corrected chi connectivity index (χ3v) is 8.31. The van der Waals surface area contributed by atoms with Gasteiger partial charge >= 0.3 is 23.9 Å². The molecule has 0 unspecified atom stereocenters. The van der Waals surface area contributed by atoms with Crippen LogP contribution in [0.5, 0.6) is 0 Å². The Hall–Kier alpha value is -3.69. The molecule has 3 aliphatic rings. The Balaban J connectivity index is 1.45. The monoisotopic (exact) mass is 626 g/mol. The number of ether oxygens (including phenoxy) is 1. The summed E-state index contributed by atoms with van der Waals surface area (Å²) in [6.07, 6.45) is 1.59. The smallest absolute Gasteiger partial charge is 0.376 e. The first kappa shape index (κ1) is 29.8. The number of piperazine rings is 1. The van der Waals surface area contributed by atoms with Gasteiger partial charge in [-0.2, -0.15) is 8.78 Å². The molecule has 0 radical (unpaired) electrons. The molecule has 1 aromatic heterocycles. The van der Waals surface area contributed by atoms with E-state index in [2.05, 4.69) is 10.3 Å². The van der Waals surface area contributed by atoms with Crippen LogP contribution in [-0.2, 0) is 14.3 Å². The Labute approximate surface area is 247 Å². The quantitative estimate of drug-likeness (QED) is 0.407. The maximum Gasteiger partial charge on any atom is 0.376 e. The first-order chi connectivity index (χ1) is 20.0. The molecule has 0 aliphatic carbocycles. The number of halogens is 4. The van der Waals surface area contributed by atoms with Crippen LogP contribution in [0.1, 0.15) is 23.5 Å². The molecule has 42 heavy (non-hydrogen) atoms. The lowest BCUT2D eigenvalue weighted by Crippen LogP contribution is -2.53. The highest BCUT2D eigenvalue weighted by Crippen LogP contribution is 2.38. The lowest BCUT2D eigenvalue weighted by molar-refractivity contribution is -0.166. The number of nitrogens with one attached hydrogen (secondary N) is 1. The van der Waals surface area contributed by atoms with E-state index < -0.39 is 48.3 Å². The number of aliphatic imine (C=N–C) groups is 1. The largest absolute Gasteiger partial charge is 0.477 e. The molecule has 4 heterocycles. The minimum absolute atomic E-state index is 0.0714. The van der Waals surface area contributed by atoms with Gasteiger partial charge in [0.2, 0.25) is 0 Å². The number of hydrogen-bond acceptors (Lipinski definition) is 9. The van der Waals surface area contributed by atoms with Crippen LogP contribution in [0.3, 0.4) is 0 Å². The number of carbonyl (C=O) groups excluding carboxylic acids is 2. The van der Waals surface area contributed by atoms with E-state index >= 15 is 0 Å². The number of hydrogen-bond donors (Lipinski definition) is 2. The molecule has 0 saturated carbocycles. The minimum Gasteiger partial charge on any atom is -0.477 e. The van der Waals surface area contributed by atoms with Gasteiger partial charge in [0.1, 0.15) is 11.9 Å². The number of fused-ring (bicyclic) bond motifs is 1. The fourth-order valence-corrected chi connectivity index (χ4v) is 6.04. The van der Waals surface area contributed by atoms with Gasteiger partial charge < -0.3 is 25.0 Å². The van der Waals surface area contributed by atoms with Crippen molar-refractivity contribution in [2.24, 2.45) is 4.99 Å². The van der Waals surface area contributed by atoms with Gasteiger partial charge in [0.05, 0.1) is 29.8 Å². The van der Waals surface area contributed by atoms with E-state index in [1.165, 1.54) is 28.4 Å². The van der Waals surface area contributed by atoms with Crippen molar-refractivity contribution in [1.82, 2.24) is 25.0 Å². The van der Waals surface area contributed by atoms with Gasteiger partial charge in [-0.1, -0.05) is 23.7 Å². The predicted octanol–water partition coefficient (Wildman–Crippen LogP) is 2.99. The number of rotatable bonds is 9. The van der Waals surface area contributed by atoms with Gasteiger partial charge in [-0.3, -0.25) is 9.89 Å². The van der Waals surface area contributed by atoms with Gasteiger partial charge in [-0.15, -0.1) is 11.3 Å². The van der Waals surface area contributed by atoms with Crippen molar-refractivity contribution in [1.29, 1.82) is 0 Å². The van der Waals surface area contributed by atoms with Crippen molar-refractivity contribution in [3.63, 3.8) is 0 Å². The van der Waals surface area contributed by atoms with E-state index in [9.17, 15) is 27.6 Å². The van der Waals surface area contributed by atoms with Crippen LogP contribution in [-0.4, -0.2) is 106 Å². The molecule has 2 fully saturated rings. The maximum atomic E-state index is 14.5. The maximum absolute atomic E-state index is 14.5. The molecule has 2 atom stereocenters. The molecule has 5 rings (SSSR count). The van der Waals surface area contributed by atoms with Crippen LogP contribution in [0.4, 0.5) is 18.0 Å². The van der Waals surface area contributed by atoms with Gasteiger partial charge in [0, 0.05) is 55.6 Å². The Morgan fingerprint density at radius 2 is 2.07 bits per heavy atom. The van der Waals surface area contributed by atoms with Crippen molar-refractivity contribution in [3.05, 3.63) is 62.5 Å². The Kier molecular flexibility index (Phi) is 8.44. The number of amides is 2. The summed E-state index contributed by atoms with van der Waals surface area (Å²) >= 11 is 7.65. The number of aromatic nitrogens is 1. The number of nitrogens with zero attached hydrogens (tertiary/aromatic N) is 5. The van der Waals surface area contributed by atoms with Gasteiger partial charge in [-0.05, 0) is 13.0 Å². The van der Waals surface area contributed by atoms with Gasteiger partial charge in [-0.25, -0.2) is 23.8 Å². The summed E-state index contributed by atoms with van der Waals surface area (Å²) in [5.41, 5.74) is 0.789. The Bertz CT molecular complexity index is 1460. The van der Waals surface area contributed by atoms with Crippen LogP contribution in [0.25, 0.3) is 0 Å². The molecule has 0 spiro atoms. The Morgan fingerprint density at radius 3 is 2.76 bits per heavy atom. The number of carboxylic acids is 1. The summed E-state index contributed by atoms with van der Waals surface area (Å²) < 4.78 is 47.6. The lowest BCUT2D eigenvalue weighted by atomic mass is 9.95. The van der Waals surface area contributed by atoms with Crippen molar-refractivity contribution in [3.8, 4) is 0 Å². The van der Waals surface area contributed by atoms with Crippen LogP contribution in [0.15, 0.2) is 46.0 Å². The number of thiazole rings is 1. The van der Waals surface area contributed by atoms with Crippen molar-refractivity contribution in [2.45, 2.75) is 24.9 Å². The molecule has 2 aromatic rings. The number of urea groups is 1. The van der Waals surface area contributed by atoms with Crippen molar-refractivity contribution in [2.75, 3.05) is 45.9 Å². The predicted molar refractivity (Wildman–Crippen MR) is 146 cm³/mol. The number of amidine groups is 1. The van der Waals surface area contributed by atoms with E-state index in [4.69, 9.17) is 26.4 Å². The molecule has 1 aromatic carbocycles. The SMILES string of the molecule is CCOC(=O)C1=C(CN2CCN3C(=O)N(CC(F)(F)C(=O)O)C[C@@H]3C2)NC(c2nccs2)=N[C@H]1c1cccc(F)c1Cl. The number of carbonyl (C=O) groups is 3. The third kappa shape index (κ3) is 5.80. The minimum atomic E-state index is -4.08. The molecule has 224 valence electrons. The van der Waals surface area contributed by atoms with Crippen molar-refractivity contribution < 1.29 is 37.4 Å². The molecule has 0 bridgehead atoms. The fraction of sp³-hybridized carbons (Fsp3) is 0.423.